The van der Waals surface area contributed by atoms with E-state index < -0.39 is 25.7 Å². The van der Waals surface area contributed by atoms with Gasteiger partial charge in [0.05, 0.1) is 0 Å². The normalized spacial score (nSPS) is 16.4. The van der Waals surface area contributed by atoms with Gasteiger partial charge in [0.2, 0.25) is 0 Å². The van der Waals surface area contributed by atoms with Crippen molar-refractivity contribution in [1.82, 2.24) is 0 Å². The molecule has 0 amide bonds. The predicted octanol–water partition coefficient (Wildman–Crippen LogP) is 2.42. The van der Waals surface area contributed by atoms with Crippen LogP contribution in [-0.2, 0) is 0 Å². The third kappa shape index (κ3) is 1.79. The van der Waals surface area contributed by atoms with Gasteiger partial charge in [-0.05, 0) is 5.19 Å². The van der Waals surface area contributed by atoms with E-state index in [0.29, 0.717) is 0 Å². The molecule has 6 heteroatoms. The Kier molecular flexibility index (Phi) is 2.94. The van der Waals surface area contributed by atoms with E-state index in [1.807, 2.05) is 0 Å². The second kappa shape index (κ2) is 3.68. The lowest BCUT2D eigenvalue weighted by molar-refractivity contribution is -0.0637. The van der Waals surface area contributed by atoms with E-state index in [4.69, 9.17) is 0 Å². The van der Waals surface area contributed by atoms with E-state index in [9.17, 15) is 21.7 Å². The molecular formula is C8H7F5Si. The molecule has 0 aromatic heterocycles. The summed E-state index contributed by atoms with van der Waals surface area (Å²) in [5, 5.41) is -0.574. The first kappa shape index (κ1) is 11.2. The van der Waals surface area contributed by atoms with Crippen molar-refractivity contribution >= 4 is 13.6 Å². The zero-order valence-corrected chi connectivity index (χ0v) is 7.98. The van der Waals surface area contributed by atoms with Crippen molar-refractivity contribution in [3.63, 3.8) is 0 Å². The van der Waals surface area contributed by atoms with Crippen LogP contribution in [0.5, 0.6) is 0 Å². The molecule has 0 fully saturated rings. The third-order valence-corrected chi connectivity index (χ3v) is 4.38. The second-order valence-electron chi connectivity index (χ2n) is 2.80. The van der Waals surface area contributed by atoms with E-state index in [1.54, 1.807) is 0 Å². The van der Waals surface area contributed by atoms with Gasteiger partial charge in [0.25, 0.3) is 0 Å². The molecule has 14 heavy (non-hydrogen) atoms. The van der Waals surface area contributed by atoms with Gasteiger partial charge in [-0.2, -0.15) is 13.2 Å². The fourth-order valence-corrected chi connectivity index (χ4v) is 2.37. The van der Waals surface area contributed by atoms with Gasteiger partial charge in [0, 0.05) is 0 Å². The summed E-state index contributed by atoms with van der Waals surface area (Å²) in [6.45, 7) is 0. The lowest BCUT2D eigenvalue weighted by Crippen LogP contribution is -2.59. The molecule has 0 saturated carbocycles. The molecule has 78 valence electrons. The van der Waals surface area contributed by atoms with E-state index >= 15 is 0 Å². The lowest BCUT2D eigenvalue weighted by Gasteiger charge is -2.21. The molecule has 0 nitrogen and oxygen atoms in total. The van der Waals surface area contributed by atoms with Crippen molar-refractivity contribution in [3.05, 3.63) is 30.3 Å². The zero-order valence-electron chi connectivity index (χ0n) is 6.98. The Labute approximate surface area is 78.5 Å². The first-order chi connectivity index (χ1) is 6.42. The number of benzene rings is 1. The second-order valence-corrected chi connectivity index (χ2v) is 5.81. The van der Waals surface area contributed by atoms with Crippen molar-refractivity contribution < 1.29 is 21.7 Å². The van der Waals surface area contributed by atoms with Gasteiger partial charge in [0.1, 0.15) is 6.30 Å². The number of alkyl halides is 4. The predicted molar refractivity (Wildman–Crippen MR) is 45.0 cm³/mol. The maximum absolute atomic E-state index is 13.4. The molecule has 0 saturated heterocycles. The average Bonchev–Trinajstić information content (AvgIpc) is 2.16. The molecule has 0 aliphatic rings. The molecule has 0 bridgehead atoms. The molecule has 1 atom stereocenters. The Bertz CT molecular complexity index is 296. The van der Waals surface area contributed by atoms with Crippen LogP contribution in [0.4, 0.5) is 21.7 Å². The first-order valence-corrected chi connectivity index (χ1v) is 5.87. The molecule has 0 aliphatic heterocycles. The SMILES string of the molecule is FC[Si](F)(c1ccccc1)C(F)(F)F. The lowest BCUT2D eigenvalue weighted by atomic mass is 10.4. The molecule has 1 unspecified atom stereocenters. The van der Waals surface area contributed by atoms with Crippen molar-refractivity contribution in [2.75, 3.05) is 6.30 Å². The summed E-state index contributed by atoms with van der Waals surface area (Å²) in [7, 11) is -5.47. The highest BCUT2D eigenvalue weighted by atomic mass is 28.4. The number of hydrogen-bond donors (Lipinski definition) is 0. The van der Waals surface area contributed by atoms with Crippen molar-refractivity contribution in [2.24, 2.45) is 0 Å². The molecule has 0 heterocycles. The minimum absolute atomic E-state index is 0.574. The van der Waals surface area contributed by atoms with Crippen LogP contribution in [0.25, 0.3) is 0 Å². The van der Waals surface area contributed by atoms with Gasteiger partial charge < -0.3 is 0 Å². The van der Waals surface area contributed by atoms with Gasteiger partial charge in [0.15, 0.2) is 0 Å². The fraction of sp³-hybridized carbons (Fsp3) is 0.250. The summed E-state index contributed by atoms with van der Waals surface area (Å²) < 4.78 is 62.3. The molecule has 0 radical (unpaired) electrons. The standard InChI is InChI=1S/C8H7F5Si/c9-6-14(13,8(10,11)12)7-4-2-1-3-5-7/h1-5H,6H2. The summed E-state index contributed by atoms with van der Waals surface area (Å²) in [5.74, 6) is -5.09. The summed E-state index contributed by atoms with van der Waals surface area (Å²) >= 11 is 0. The highest BCUT2D eigenvalue weighted by Gasteiger charge is 2.61. The minimum atomic E-state index is -5.47. The maximum Gasteiger partial charge on any atom is 0.424 e. The Balaban J connectivity index is 3.15. The molecule has 0 N–H and O–H groups in total. The van der Waals surface area contributed by atoms with E-state index in [1.165, 1.54) is 18.2 Å². The zero-order chi connectivity index (χ0) is 10.8. The molecule has 1 rings (SSSR count). The summed E-state index contributed by atoms with van der Waals surface area (Å²) in [6.07, 6.45) is -1.97. The Hall–Kier alpha value is -0.913. The average molecular weight is 226 g/mol. The first-order valence-electron chi connectivity index (χ1n) is 3.79. The van der Waals surface area contributed by atoms with Gasteiger partial charge in [-0.1, -0.05) is 30.3 Å². The van der Waals surface area contributed by atoms with Crippen LogP contribution >= 0.6 is 0 Å². The number of hydrogen-bond acceptors (Lipinski definition) is 0. The van der Waals surface area contributed by atoms with Gasteiger partial charge in [-0.3, -0.25) is 8.50 Å². The van der Waals surface area contributed by atoms with Crippen LogP contribution in [0.1, 0.15) is 0 Å². The maximum atomic E-state index is 13.4. The highest BCUT2D eigenvalue weighted by molar-refractivity contribution is 6.87. The van der Waals surface area contributed by atoms with Gasteiger partial charge in [-0.25, -0.2) is 0 Å². The summed E-state index contributed by atoms with van der Waals surface area (Å²) in [4.78, 5) is 0. The third-order valence-electron chi connectivity index (χ3n) is 1.86. The van der Waals surface area contributed by atoms with Crippen LogP contribution < -0.4 is 5.19 Å². The van der Waals surface area contributed by atoms with Gasteiger partial charge in [-0.15, -0.1) is 0 Å². The van der Waals surface area contributed by atoms with Crippen LogP contribution in [0.2, 0.25) is 0 Å². The molecular weight excluding hydrogens is 219 g/mol. The van der Waals surface area contributed by atoms with Crippen molar-refractivity contribution in [2.45, 2.75) is 5.80 Å². The van der Waals surface area contributed by atoms with Crippen LogP contribution in [0, 0.1) is 0 Å². The Morgan fingerprint density at radius 3 is 1.93 bits per heavy atom. The largest absolute Gasteiger partial charge is 0.424 e. The van der Waals surface area contributed by atoms with E-state index in [0.717, 1.165) is 12.1 Å². The molecule has 1 aromatic carbocycles. The number of halogens is 5. The topological polar surface area (TPSA) is 0 Å². The molecule has 0 spiro atoms. The minimum Gasteiger partial charge on any atom is -0.294 e. The summed E-state index contributed by atoms with van der Waals surface area (Å²) in [6, 6.07) is 5.92. The van der Waals surface area contributed by atoms with E-state index in [-0.39, 0.29) is 0 Å². The smallest absolute Gasteiger partial charge is 0.294 e. The van der Waals surface area contributed by atoms with Crippen LogP contribution in [0.15, 0.2) is 30.3 Å². The monoisotopic (exact) mass is 226 g/mol. The molecule has 1 aromatic rings. The van der Waals surface area contributed by atoms with Gasteiger partial charge >= 0.3 is 14.2 Å². The summed E-state index contributed by atoms with van der Waals surface area (Å²) in [5.41, 5.74) is 0. The highest BCUT2D eigenvalue weighted by Crippen LogP contribution is 2.29. The quantitative estimate of drug-likeness (QED) is 0.413. The van der Waals surface area contributed by atoms with Crippen molar-refractivity contribution in [1.29, 1.82) is 0 Å². The Morgan fingerprint density at radius 2 is 1.57 bits per heavy atom. The Morgan fingerprint density at radius 1 is 1.07 bits per heavy atom. The van der Waals surface area contributed by atoms with Crippen LogP contribution in [-0.4, -0.2) is 20.5 Å². The number of rotatable bonds is 2. The molecule has 0 aliphatic carbocycles. The van der Waals surface area contributed by atoms with E-state index in [2.05, 4.69) is 0 Å². The fourth-order valence-electron chi connectivity index (χ4n) is 1.02. The van der Waals surface area contributed by atoms with Crippen molar-refractivity contribution in [3.8, 4) is 0 Å². The van der Waals surface area contributed by atoms with Crippen LogP contribution in [0.3, 0.4) is 0 Å².